The van der Waals surface area contributed by atoms with Gasteiger partial charge in [-0.3, -0.25) is 14.7 Å². The highest BCUT2D eigenvalue weighted by molar-refractivity contribution is 5.27. The first kappa shape index (κ1) is 13.6. The fourth-order valence-electron chi connectivity index (χ4n) is 2.52. The third kappa shape index (κ3) is 2.87. The number of hydrogen-bond donors (Lipinski definition) is 2. The van der Waals surface area contributed by atoms with Crippen molar-refractivity contribution in [1.29, 1.82) is 0 Å². The summed E-state index contributed by atoms with van der Waals surface area (Å²) in [5.41, 5.74) is 8.02. The minimum Gasteiger partial charge on any atom is -0.481 e. The second-order valence-electron chi connectivity index (χ2n) is 5.05. The fourth-order valence-corrected chi connectivity index (χ4v) is 2.52. The minimum absolute atomic E-state index is 0.143. The highest BCUT2D eigenvalue weighted by atomic mass is 16.5. The van der Waals surface area contributed by atoms with Crippen LogP contribution in [0, 0.1) is 0 Å². The van der Waals surface area contributed by atoms with Gasteiger partial charge in [0.2, 0.25) is 11.8 Å². The lowest BCUT2D eigenvalue weighted by atomic mass is 10.1. The van der Waals surface area contributed by atoms with Crippen LogP contribution in [-0.4, -0.2) is 33.5 Å². The number of nitrogens with one attached hydrogen (secondary N) is 1. The molecule has 1 aliphatic heterocycles. The van der Waals surface area contributed by atoms with Gasteiger partial charge in [0.25, 0.3) is 5.56 Å². The number of aromatic amines is 1. The Morgan fingerprint density at radius 3 is 3.05 bits per heavy atom. The van der Waals surface area contributed by atoms with Crippen molar-refractivity contribution in [2.24, 2.45) is 0 Å². The molecule has 110 valence electrons. The summed E-state index contributed by atoms with van der Waals surface area (Å²) in [7, 11) is 1.59. The number of nitrogens with two attached hydrogens (primary N) is 1. The number of pyridine rings is 1. The zero-order chi connectivity index (χ0) is 14.8. The molecule has 0 amide bonds. The van der Waals surface area contributed by atoms with Crippen LogP contribution in [0.3, 0.4) is 0 Å². The molecule has 0 atom stereocenters. The number of ether oxygens (including phenoxy) is 1. The molecule has 2 aromatic heterocycles. The molecule has 3 heterocycles. The monoisotopic (exact) mass is 287 g/mol. The van der Waals surface area contributed by atoms with Crippen LogP contribution in [0.4, 0.5) is 5.95 Å². The maximum absolute atomic E-state index is 11.9. The summed E-state index contributed by atoms with van der Waals surface area (Å²) in [6.45, 7) is 2.15. The van der Waals surface area contributed by atoms with E-state index in [4.69, 9.17) is 10.5 Å². The number of methoxy groups -OCH3 is 1. The molecule has 0 unspecified atom stereocenters. The number of nitrogen functional groups attached to an aromatic ring is 1. The molecule has 0 fully saturated rings. The number of nitrogens with zero attached hydrogens (tertiary/aromatic N) is 3. The van der Waals surface area contributed by atoms with Crippen molar-refractivity contribution in [3.05, 3.63) is 45.5 Å². The molecule has 2 aromatic rings. The highest BCUT2D eigenvalue weighted by Crippen LogP contribution is 2.17. The van der Waals surface area contributed by atoms with E-state index in [0.717, 1.165) is 30.8 Å². The van der Waals surface area contributed by atoms with Crippen molar-refractivity contribution < 1.29 is 4.74 Å². The van der Waals surface area contributed by atoms with E-state index in [1.807, 2.05) is 12.1 Å². The van der Waals surface area contributed by atoms with Gasteiger partial charge in [-0.05, 0) is 5.56 Å². The Kier molecular flexibility index (Phi) is 3.57. The van der Waals surface area contributed by atoms with E-state index >= 15 is 0 Å². The van der Waals surface area contributed by atoms with E-state index in [0.29, 0.717) is 18.0 Å². The highest BCUT2D eigenvalue weighted by Gasteiger charge is 2.20. The second kappa shape index (κ2) is 5.53. The molecular formula is C14H17N5O2. The lowest BCUT2D eigenvalue weighted by Gasteiger charge is -2.27. The van der Waals surface area contributed by atoms with Gasteiger partial charge in [-0.2, -0.15) is 0 Å². The molecule has 7 heteroatoms. The van der Waals surface area contributed by atoms with E-state index < -0.39 is 0 Å². The number of aromatic nitrogens is 3. The fraction of sp³-hybridized carbons (Fsp3) is 0.357. The van der Waals surface area contributed by atoms with E-state index in [1.54, 1.807) is 13.3 Å². The van der Waals surface area contributed by atoms with E-state index in [-0.39, 0.29) is 11.5 Å². The summed E-state index contributed by atoms with van der Waals surface area (Å²) < 4.78 is 5.04. The zero-order valence-corrected chi connectivity index (χ0v) is 11.8. The van der Waals surface area contributed by atoms with Crippen molar-refractivity contribution in [2.75, 3.05) is 19.4 Å². The number of anilines is 1. The number of H-pyrrole nitrogens is 1. The molecule has 3 rings (SSSR count). The SMILES string of the molecule is COc1ccc(CN2CCc3nc(N)[nH]c(=O)c3C2)cn1. The summed E-state index contributed by atoms with van der Waals surface area (Å²) in [5.74, 6) is 0.783. The van der Waals surface area contributed by atoms with Crippen LogP contribution >= 0.6 is 0 Å². The van der Waals surface area contributed by atoms with Crippen molar-refractivity contribution in [1.82, 2.24) is 19.9 Å². The van der Waals surface area contributed by atoms with E-state index in [9.17, 15) is 4.79 Å². The van der Waals surface area contributed by atoms with Crippen molar-refractivity contribution >= 4 is 5.95 Å². The Balaban J connectivity index is 1.75. The Morgan fingerprint density at radius 1 is 1.48 bits per heavy atom. The minimum atomic E-state index is -0.143. The quantitative estimate of drug-likeness (QED) is 0.843. The summed E-state index contributed by atoms with van der Waals surface area (Å²) in [4.78, 5) is 25.1. The first-order chi connectivity index (χ1) is 10.2. The topological polar surface area (TPSA) is 97.1 Å². The predicted molar refractivity (Wildman–Crippen MR) is 77.9 cm³/mol. The maximum atomic E-state index is 11.9. The average molecular weight is 287 g/mol. The lowest BCUT2D eigenvalue weighted by Crippen LogP contribution is -2.35. The largest absolute Gasteiger partial charge is 0.481 e. The summed E-state index contributed by atoms with van der Waals surface area (Å²) in [6.07, 6.45) is 2.52. The van der Waals surface area contributed by atoms with Gasteiger partial charge in [-0.25, -0.2) is 9.97 Å². The van der Waals surface area contributed by atoms with Crippen LogP contribution in [0.5, 0.6) is 5.88 Å². The van der Waals surface area contributed by atoms with Gasteiger partial charge in [-0.15, -0.1) is 0 Å². The van der Waals surface area contributed by atoms with Gasteiger partial charge >= 0.3 is 0 Å². The van der Waals surface area contributed by atoms with Gasteiger partial charge in [0.1, 0.15) is 0 Å². The van der Waals surface area contributed by atoms with Crippen molar-refractivity contribution in [3.63, 3.8) is 0 Å². The molecule has 1 aliphatic rings. The molecule has 0 bridgehead atoms. The molecule has 0 spiro atoms. The van der Waals surface area contributed by atoms with E-state index in [1.165, 1.54) is 0 Å². The normalized spacial score (nSPS) is 14.7. The molecule has 7 nitrogen and oxygen atoms in total. The smallest absolute Gasteiger partial charge is 0.257 e. The second-order valence-corrected chi connectivity index (χ2v) is 5.05. The number of fused-ring (bicyclic) bond motifs is 1. The molecule has 21 heavy (non-hydrogen) atoms. The van der Waals surface area contributed by atoms with Crippen LogP contribution in [0.2, 0.25) is 0 Å². The van der Waals surface area contributed by atoms with Gasteiger partial charge in [-0.1, -0.05) is 6.07 Å². The van der Waals surface area contributed by atoms with Gasteiger partial charge in [0.15, 0.2) is 0 Å². The van der Waals surface area contributed by atoms with Crippen LogP contribution < -0.4 is 16.0 Å². The molecule has 0 radical (unpaired) electrons. The third-order valence-corrected chi connectivity index (χ3v) is 3.58. The molecule has 0 aliphatic carbocycles. The molecule has 0 aromatic carbocycles. The Labute approximate surface area is 121 Å². The number of hydrogen-bond acceptors (Lipinski definition) is 6. The molecular weight excluding hydrogens is 270 g/mol. The van der Waals surface area contributed by atoms with Gasteiger partial charge in [0, 0.05) is 38.3 Å². The Morgan fingerprint density at radius 2 is 2.33 bits per heavy atom. The molecule has 0 saturated heterocycles. The van der Waals surface area contributed by atoms with E-state index in [2.05, 4.69) is 19.9 Å². The average Bonchev–Trinajstić information content (AvgIpc) is 2.48. The van der Waals surface area contributed by atoms with Crippen molar-refractivity contribution in [3.8, 4) is 5.88 Å². The Bertz CT molecular complexity index is 696. The summed E-state index contributed by atoms with van der Waals surface area (Å²) in [6, 6.07) is 3.81. The van der Waals surface area contributed by atoms with Crippen molar-refractivity contribution in [2.45, 2.75) is 19.5 Å². The van der Waals surface area contributed by atoms with Crippen LogP contribution in [0.1, 0.15) is 16.8 Å². The first-order valence-electron chi connectivity index (χ1n) is 6.74. The van der Waals surface area contributed by atoms with Crippen LogP contribution in [0.15, 0.2) is 23.1 Å². The maximum Gasteiger partial charge on any atom is 0.257 e. The third-order valence-electron chi connectivity index (χ3n) is 3.58. The van der Waals surface area contributed by atoms with Gasteiger partial charge in [0.05, 0.1) is 18.4 Å². The summed E-state index contributed by atoms with van der Waals surface area (Å²) in [5, 5.41) is 0. The standard InChI is InChI=1S/C14H17N5O2/c1-21-12-3-2-9(6-16-12)7-19-5-4-11-10(8-19)13(20)18-14(15)17-11/h2-3,6H,4-5,7-8H2,1H3,(H3,15,17,18,20). The number of rotatable bonds is 3. The predicted octanol–water partition coefficient (Wildman–Crippen LogP) is 0.314. The molecule has 3 N–H and O–H groups in total. The lowest BCUT2D eigenvalue weighted by molar-refractivity contribution is 0.241. The first-order valence-corrected chi connectivity index (χ1v) is 6.74. The van der Waals surface area contributed by atoms with Gasteiger partial charge < -0.3 is 10.5 Å². The van der Waals surface area contributed by atoms with Crippen LogP contribution in [0.25, 0.3) is 0 Å². The zero-order valence-electron chi connectivity index (χ0n) is 11.8. The molecule has 0 saturated carbocycles. The van der Waals surface area contributed by atoms with Crippen LogP contribution in [-0.2, 0) is 19.5 Å². The summed E-state index contributed by atoms with van der Waals surface area (Å²) >= 11 is 0. The Hall–Kier alpha value is -2.41.